The third-order valence-electron chi connectivity index (χ3n) is 5.31. The summed E-state index contributed by atoms with van der Waals surface area (Å²) in [7, 11) is 0. The van der Waals surface area contributed by atoms with E-state index in [1.807, 2.05) is 6.07 Å². The molecule has 5 rings (SSSR count). The van der Waals surface area contributed by atoms with Gasteiger partial charge in [-0.15, -0.1) is 10.2 Å². The van der Waals surface area contributed by atoms with Gasteiger partial charge in [-0.3, -0.25) is 4.79 Å². The van der Waals surface area contributed by atoms with E-state index in [1.54, 1.807) is 54.6 Å². The lowest BCUT2D eigenvalue weighted by atomic mass is 9.98. The molecule has 1 unspecified atom stereocenters. The predicted molar refractivity (Wildman–Crippen MR) is 123 cm³/mol. The van der Waals surface area contributed by atoms with Gasteiger partial charge in [0, 0.05) is 10.8 Å². The van der Waals surface area contributed by atoms with E-state index in [0.717, 1.165) is 0 Å². The number of fused-ring (bicyclic) bond motifs is 2. The zero-order valence-electron chi connectivity index (χ0n) is 17.6. The molecule has 3 heterocycles. The molecule has 34 heavy (non-hydrogen) atoms. The number of para-hydroxylation sites is 2. The third kappa shape index (κ3) is 3.89. The van der Waals surface area contributed by atoms with Crippen LogP contribution < -0.4 is 11.3 Å². The van der Waals surface area contributed by atoms with Crippen LogP contribution in [0.25, 0.3) is 21.9 Å². The molecule has 2 aromatic carbocycles. The number of rotatable bonds is 5. The van der Waals surface area contributed by atoms with Crippen molar-refractivity contribution in [1.29, 1.82) is 5.26 Å². The summed E-state index contributed by atoms with van der Waals surface area (Å²) in [6.45, 7) is 0. The maximum absolute atomic E-state index is 13.1. The number of benzene rings is 2. The largest absolute Gasteiger partial charge is 0.468 e. The number of carbonyl (C=O) groups is 1. The molecule has 2 aromatic heterocycles. The number of nitrogens with zero attached hydrogens (tertiary/aromatic N) is 3. The smallest absolute Gasteiger partial charge is 0.347 e. The highest BCUT2D eigenvalue weighted by Gasteiger charge is 2.31. The molecule has 9 heteroatoms. The second kappa shape index (κ2) is 8.60. The third-order valence-corrected chi connectivity index (χ3v) is 5.31. The van der Waals surface area contributed by atoms with Gasteiger partial charge in [0.15, 0.2) is 11.9 Å². The second-order valence-electron chi connectivity index (χ2n) is 7.52. The molecule has 4 aromatic rings. The Kier molecular flexibility index (Phi) is 5.32. The average molecular weight is 453 g/mol. The van der Waals surface area contributed by atoms with Crippen LogP contribution >= 0.6 is 0 Å². The molecule has 0 aliphatic carbocycles. The van der Waals surface area contributed by atoms with Crippen LogP contribution in [0.2, 0.25) is 0 Å². The zero-order chi connectivity index (χ0) is 23.7. The minimum absolute atomic E-state index is 0.000210. The highest BCUT2D eigenvalue weighted by molar-refractivity contribution is 6.10. The van der Waals surface area contributed by atoms with Crippen LogP contribution in [0.15, 0.2) is 89.3 Å². The Morgan fingerprint density at radius 1 is 0.912 bits per heavy atom. The topological polar surface area (TPSA) is 135 Å². The van der Waals surface area contributed by atoms with Crippen LogP contribution in [0.3, 0.4) is 0 Å². The van der Waals surface area contributed by atoms with Crippen molar-refractivity contribution in [3.8, 4) is 6.07 Å². The van der Waals surface area contributed by atoms with Crippen molar-refractivity contribution >= 4 is 39.3 Å². The quantitative estimate of drug-likeness (QED) is 0.333. The molecule has 1 atom stereocenters. The summed E-state index contributed by atoms with van der Waals surface area (Å²) in [4.78, 5) is 38.2. The summed E-state index contributed by atoms with van der Waals surface area (Å²) in [5.41, 5.74) is -0.726. The highest BCUT2D eigenvalue weighted by atomic mass is 16.5. The first kappa shape index (κ1) is 21.0. The van der Waals surface area contributed by atoms with E-state index in [9.17, 15) is 14.4 Å². The molecule has 0 spiro atoms. The molecule has 166 valence electrons. The molecule has 9 nitrogen and oxygen atoms in total. The van der Waals surface area contributed by atoms with Gasteiger partial charge in [0.25, 0.3) is 0 Å². The number of carbonyl (C=O) groups excluding carboxylic acids is 1. The van der Waals surface area contributed by atoms with Gasteiger partial charge in [0.1, 0.15) is 28.9 Å². The molecule has 1 aliphatic rings. The molecule has 0 amide bonds. The predicted octanol–water partition coefficient (Wildman–Crippen LogP) is 3.59. The molecule has 0 N–H and O–H groups in total. The van der Waals surface area contributed by atoms with Gasteiger partial charge in [-0.1, -0.05) is 36.4 Å². The summed E-state index contributed by atoms with van der Waals surface area (Å²) in [5.74, 6) is -0.569. The molecular weight excluding hydrogens is 438 g/mol. The average Bonchev–Trinajstić information content (AvgIpc) is 2.84. The fourth-order valence-corrected chi connectivity index (χ4v) is 3.70. The monoisotopic (exact) mass is 453 g/mol. The maximum atomic E-state index is 13.1. The fraction of sp³-hybridized carbons (Fsp3) is 0.120. The summed E-state index contributed by atoms with van der Waals surface area (Å²) in [6.07, 6.45) is -1.58. The van der Waals surface area contributed by atoms with E-state index in [0.29, 0.717) is 21.9 Å². The van der Waals surface area contributed by atoms with Gasteiger partial charge in [-0.05, 0) is 24.3 Å². The molecule has 0 saturated carbocycles. The first-order valence-corrected chi connectivity index (χ1v) is 10.3. The lowest BCUT2D eigenvalue weighted by molar-refractivity contribution is 0.0932. The Morgan fingerprint density at radius 3 is 2.26 bits per heavy atom. The molecule has 0 fully saturated rings. The summed E-state index contributed by atoms with van der Waals surface area (Å²) < 4.78 is 16.4. The molecular formula is C25H15N3O6. The van der Waals surface area contributed by atoms with Crippen molar-refractivity contribution in [2.75, 3.05) is 0 Å². The first-order valence-electron chi connectivity index (χ1n) is 10.3. The van der Waals surface area contributed by atoms with Crippen LogP contribution in [-0.2, 0) is 4.74 Å². The van der Waals surface area contributed by atoms with E-state index in [2.05, 4.69) is 10.2 Å². The maximum Gasteiger partial charge on any atom is 0.347 e. The summed E-state index contributed by atoms with van der Waals surface area (Å²) in [5, 5.41) is 18.2. The Hall–Kier alpha value is -4.84. The molecule has 1 aliphatic heterocycles. The van der Waals surface area contributed by atoms with Crippen LogP contribution in [0.4, 0.5) is 0 Å². The zero-order valence-corrected chi connectivity index (χ0v) is 17.6. The van der Waals surface area contributed by atoms with Crippen molar-refractivity contribution in [2.45, 2.75) is 18.9 Å². The van der Waals surface area contributed by atoms with Crippen molar-refractivity contribution in [1.82, 2.24) is 0 Å². The number of Topliss-reactive ketones (excluding diaryl/α,β-unsaturated/α-hetero) is 1. The SMILES string of the molecule is N#CCC1=NN=C(c2cc3ccccc3oc2=O)C(CC(=O)c2cc3ccccc3oc2=O)O1. The van der Waals surface area contributed by atoms with Gasteiger partial charge in [0.2, 0.25) is 5.90 Å². The van der Waals surface area contributed by atoms with Crippen LogP contribution in [0.5, 0.6) is 0 Å². The van der Waals surface area contributed by atoms with E-state index >= 15 is 0 Å². The van der Waals surface area contributed by atoms with E-state index < -0.39 is 23.1 Å². The Morgan fingerprint density at radius 2 is 1.56 bits per heavy atom. The second-order valence-corrected chi connectivity index (χ2v) is 7.52. The van der Waals surface area contributed by atoms with Crippen molar-refractivity contribution < 1.29 is 18.4 Å². The van der Waals surface area contributed by atoms with E-state index in [4.69, 9.17) is 18.8 Å². The molecule has 0 bridgehead atoms. The Labute approximate surface area is 191 Å². The summed E-state index contributed by atoms with van der Waals surface area (Å²) >= 11 is 0. The standard InChI is InChI=1S/C25H15N3O6/c26-10-9-22-27-28-23(17-12-15-6-2-4-8-20(15)34-25(17)31)21(32-22)13-18(29)16-11-14-5-1-3-7-19(14)33-24(16)30/h1-8,11-12,21H,9,13H2. The van der Waals surface area contributed by atoms with Gasteiger partial charge >= 0.3 is 11.3 Å². The van der Waals surface area contributed by atoms with Crippen LogP contribution in [-0.4, -0.2) is 23.5 Å². The normalized spacial score (nSPS) is 15.3. The molecule has 0 radical (unpaired) electrons. The molecule has 0 saturated heterocycles. The van der Waals surface area contributed by atoms with Gasteiger partial charge < -0.3 is 13.6 Å². The lowest BCUT2D eigenvalue weighted by Crippen LogP contribution is -2.36. The van der Waals surface area contributed by atoms with Gasteiger partial charge in [-0.2, -0.15) is 5.26 Å². The van der Waals surface area contributed by atoms with Crippen molar-refractivity contribution in [2.24, 2.45) is 10.2 Å². The Balaban J connectivity index is 1.54. The van der Waals surface area contributed by atoms with E-state index in [-0.39, 0.29) is 35.6 Å². The number of ether oxygens (including phenoxy) is 1. The summed E-state index contributed by atoms with van der Waals surface area (Å²) in [6, 6.07) is 18.7. The Bertz CT molecular complexity index is 1670. The lowest BCUT2D eigenvalue weighted by Gasteiger charge is -2.22. The minimum atomic E-state index is -1.07. The van der Waals surface area contributed by atoms with Crippen LogP contribution in [0.1, 0.15) is 28.8 Å². The van der Waals surface area contributed by atoms with Crippen molar-refractivity contribution in [3.63, 3.8) is 0 Å². The number of hydrogen-bond donors (Lipinski definition) is 0. The number of nitriles is 1. The number of ketones is 1. The van der Waals surface area contributed by atoms with Gasteiger partial charge in [-0.25, -0.2) is 9.59 Å². The van der Waals surface area contributed by atoms with E-state index in [1.165, 1.54) is 6.07 Å². The highest BCUT2D eigenvalue weighted by Crippen LogP contribution is 2.21. The number of hydrogen-bond acceptors (Lipinski definition) is 9. The van der Waals surface area contributed by atoms with Crippen LogP contribution in [0, 0.1) is 11.3 Å². The fourth-order valence-electron chi connectivity index (χ4n) is 3.70. The minimum Gasteiger partial charge on any atom is -0.468 e. The van der Waals surface area contributed by atoms with Gasteiger partial charge in [0.05, 0.1) is 18.1 Å². The van der Waals surface area contributed by atoms with Crippen molar-refractivity contribution in [3.05, 3.63) is 92.6 Å². The first-order chi connectivity index (χ1) is 16.5.